The molecule has 2 N–H and O–H groups in total. The van der Waals surface area contributed by atoms with Gasteiger partial charge in [0.25, 0.3) is 5.91 Å². The van der Waals surface area contributed by atoms with Gasteiger partial charge in [0.05, 0.1) is 11.3 Å². The lowest BCUT2D eigenvalue weighted by atomic mass is 9.90. The van der Waals surface area contributed by atoms with Crippen LogP contribution < -0.4 is 15.5 Å². The largest absolute Gasteiger partial charge is 0.351 e. The van der Waals surface area contributed by atoms with Crippen molar-refractivity contribution in [1.82, 2.24) is 15.5 Å². The molecule has 2 heterocycles. The molecule has 4 rings (SSSR count). The zero-order chi connectivity index (χ0) is 18.9. The zero-order valence-corrected chi connectivity index (χ0v) is 15.4. The SMILES string of the molecule is CN1c2ccccc2C(=O)NC12CCN(C(=O)NCc1ccccc1)CC2. The number of nitrogens with zero attached hydrogens (tertiary/aromatic N) is 2. The van der Waals surface area contributed by atoms with Crippen LogP contribution >= 0.6 is 0 Å². The molecule has 6 nitrogen and oxygen atoms in total. The average molecular weight is 364 g/mol. The van der Waals surface area contributed by atoms with Gasteiger partial charge in [-0.25, -0.2) is 4.79 Å². The standard InChI is InChI=1S/C21H24N4O2/c1-24-18-10-6-5-9-17(18)19(26)23-21(24)11-13-25(14-12-21)20(27)22-15-16-7-3-2-4-8-16/h2-10H,11-15H2,1H3,(H,22,27)(H,23,26). The average Bonchev–Trinajstić information content (AvgIpc) is 2.72. The fourth-order valence-corrected chi connectivity index (χ4v) is 3.98. The van der Waals surface area contributed by atoms with Crippen molar-refractivity contribution >= 4 is 17.6 Å². The zero-order valence-electron chi connectivity index (χ0n) is 15.4. The lowest BCUT2D eigenvalue weighted by molar-refractivity contribution is 0.0810. The van der Waals surface area contributed by atoms with Crippen LogP contribution in [0.25, 0.3) is 0 Å². The lowest BCUT2D eigenvalue weighted by Crippen LogP contribution is -2.67. The summed E-state index contributed by atoms with van der Waals surface area (Å²) in [4.78, 5) is 29.0. The summed E-state index contributed by atoms with van der Waals surface area (Å²) in [6.07, 6.45) is 1.39. The molecular formula is C21H24N4O2. The first-order valence-electron chi connectivity index (χ1n) is 9.31. The van der Waals surface area contributed by atoms with Gasteiger partial charge >= 0.3 is 6.03 Å². The van der Waals surface area contributed by atoms with Gasteiger partial charge in [0.1, 0.15) is 5.66 Å². The second kappa shape index (κ2) is 6.95. The smallest absolute Gasteiger partial charge is 0.317 e. The molecule has 0 aromatic heterocycles. The number of para-hydroxylation sites is 1. The molecule has 0 atom stereocenters. The van der Waals surface area contributed by atoms with Crippen molar-refractivity contribution in [2.45, 2.75) is 25.0 Å². The van der Waals surface area contributed by atoms with Crippen LogP contribution in [0.5, 0.6) is 0 Å². The summed E-state index contributed by atoms with van der Waals surface area (Å²) in [5.41, 5.74) is 2.30. The summed E-state index contributed by atoms with van der Waals surface area (Å²) in [5, 5.41) is 6.17. The molecule has 2 aromatic rings. The van der Waals surface area contributed by atoms with E-state index in [0.29, 0.717) is 38.0 Å². The maximum absolute atomic E-state index is 12.5. The molecule has 0 bridgehead atoms. The minimum absolute atomic E-state index is 0.0364. The number of piperidine rings is 1. The van der Waals surface area contributed by atoms with Gasteiger partial charge in [0, 0.05) is 39.5 Å². The van der Waals surface area contributed by atoms with Crippen molar-refractivity contribution in [2.24, 2.45) is 0 Å². The Morgan fingerprint density at radius 3 is 2.48 bits per heavy atom. The summed E-state index contributed by atoms with van der Waals surface area (Å²) in [6, 6.07) is 17.5. The van der Waals surface area contributed by atoms with E-state index in [2.05, 4.69) is 15.5 Å². The molecule has 0 radical (unpaired) electrons. The van der Waals surface area contributed by atoms with Crippen LogP contribution in [-0.2, 0) is 6.54 Å². The normalized spacial score (nSPS) is 18.0. The summed E-state index contributed by atoms with van der Waals surface area (Å²) < 4.78 is 0. The Hall–Kier alpha value is -3.02. The van der Waals surface area contributed by atoms with Gasteiger partial charge in [-0.3, -0.25) is 4.79 Å². The molecule has 1 fully saturated rings. The van der Waals surface area contributed by atoms with E-state index in [9.17, 15) is 9.59 Å². The molecule has 0 saturated carbocycles. The van der Waals surface area contributed by atoms with Crippen molar-refractivity contribution in [1.29, 1.82) is 0 Å². The topological polar surface area (TPSA) is 64.7 Å². The van der Waals surface area contributed by atoms with Crippen molar-refractivity contribution < 1.29 is 9.59 Å². The number of anilines is 1. The summed E-state index contributed by atoms with van der Waals surface area (Å²) in [7, 11) is 2.02. The number of benzene rings is 2. The molecule has 27 heavy (non-hydrogen) atoms. The predicted octanol–water partition coefficient (Wildman–Crippen LogP) is 2.57. The van der Waals surface area contributed by atoms with Crippen molar-refractivity contribution in [3.63, 3.8) is 0 Å². The molecule has 6 heteroatoms. The van der Waals surface area contributed by atoms with Crippen molar-refractivity contribution in [3.05, 3.63) is 65.7 Å². The van der Waals surface area contributed by atoms with Gasteiger partial charge in [0.2, 0.25) is 0 Å². The van der Waals surface area contributed by atoms with Crippen molar-refractivity contribution in [3.8, 4) is 0 Å². The Bertz CT molecular complexity index is 844. The van der Waals surface area contributed by atoms with E-state index in [1.54, 1.807) is 0 Å². The third-order valence-corrected chi connectivity index (χ3v) is 5.66. The number of fused-ring (bicyclic) bond motifs is 1. The minimum Gasteiger partial charge on any atom is -0.351 e. The molecule has 0 unspecified atom stereocenters. The van der Waals surface area contributed by atoms with Crippen LogP contribution in [0.2, 0.25) is 0 Å². The van der Waals surface area contributed by atoms with Gasteiger partial charge in [0.15, 0.2) is 0 Å². The maximum Gasteiger partial charge on any atom is 0.317 e. The molecule has 2 aliphatic rings. The first kappa shape index (κ1) is 17.4. The number of urea groups is 1. The van der Waals surface area contributed by atoms with Crippen molar-refractivity contribution in [2.75, 3.05) is 25.0 Å². The molecule has 2 aromatic carbocycles. The second-order valence-corrected chi connectivity index (χ2v) is 7.19. The summed E-state index contributed by atoms with van der Waals surface area (Å²) in [5.74, 6) is -0.0364. The number of rotatable bonds is 2. The number of nitrogens with one attached hydrogen (secondary N) is 2. The monoisotopic (exact) mass is 364 g/mol. The third kappa shape index (κ3) is 3.23. The highest BCUT2D eigenvalue weighted by Gasteiger charge is 2.44. The van der Waals surface area contributed by atoms with Gasteiger partial charge in [-0.05, 0) is 17.7 Å². The third-order valence-electron chi connectivity index (χ3n) is 5.66. The van der Waals surface area contributed by atoms with Crippen LogP contribution in [0, 0.1) is 0 Å². The van der Waals surface area contributed by atoms with E-state index in [1.165, 1.54) is 0 Å². The van der Waals surface area contributed by atoms with Crippen LogP contribution in [0.3, 0.4) is 0 Å². The maximum atomic E-state index is 12.5. The Morgan fingerprint density at radius 2 is 1.74 bits per heavy atom. The van der Waals surface area contributed by atoms with Gasteiger partial charge < -0.3 is 20.4 Å². The number of carbonyl (C=O) groups is 2. The van der Waals surface area contributed by atoms with Crippen LogP contribution in [-0.4, -0.2) is 42.6 Å². The highest BCUT2D eigenvalue weighted by Crippen LogP contribution is 2.35. The summed E-state index contributed by atoms with van der Waals surface area (Å²) in [6.45, 7) is 1.73. The highest BCUT2D eigenvalue weighted by molar-refractivity contribution is 6.02. The lowest BCUT2D eigenvalue weighted by Gasteiger charge is -2.51. The van der Waals surface area contributed by atoms with E-state index in [4.69, 9.17) is 0 Å². The number of carbonyl (C=O) groups excluding carboxylic acids is 2. The molecule has 1 saturated heterocycles. The van der Waals surface area contributed by atoms with Crippen LogP contribution in [0.4, 0.5) is 10.5 Å². The Kier molecular flexibility index (Phi) is 4.48. The quantitative estimate of drug-likeness (QED) is 0.861. The van der Waals surface area contributed by atoms with E-state index < -0.39 is 5.66 Å². The minimum atomic E-state index is -0.429. The highest BCUT2D eigenvalue weighted by atomic mass is 16.2. The first-order valence-corrected chi connectivity index (χ1v) is 9.31. The fraction of sp³-hybridized carbons (Fsp3) is 0.333. The van der Waals surface area contributed by atoms with E-state index in [-0.39, 0.29) is 11.9 Å². The van der Waals surface area contributed by atoms with Gasteiger partial charge in [-0.15, -0.1) is 0 Å². The molecule has 3 amide bonds. The molecule has 2 aliphatic heterocycles. The number of likely N-dealkylation sites (tertiary alicyclic amines) is 1. The van der Waals surface area contributed by atoms with E-state index in [1.807, 2.05) is 66.5 Å². The molecule has 0 aliphatic carbocycles. The van der Waals surface area contributed by atoms with Crippen LogP contribution in [0.15, 0.2) is 54.6 Å². The number of amides is 3. The Morgan fingerprint density at radius 1 is 1.07 bits per heavy atom. The number of hydrogen-bond acceptors (Lipinski definition) is 3. The van der Waals surface area contributed by atoms with E-state index in [0.717, 1.165) is 11.3 Å². The van der Waals surface area contributed by atoms with Gasteiger partial charge in [-0.2, -0.15) is 0 Å². The molecule has 140 valence electrons. The fourth-order valence-electron chi connectivity index (χ4n) is 3.98. The Labute approximate surface area is 159 Å². The number of hydrogen-bond donors (Lipinski definition) is 2. The summed E-state index contributed by atoms with van der Waals surface area (Å²) >= 11 is 0. The van der Waals surface area contributed by atoms with Gasteiger partial charge in [-0.1, -0.05) is 42.5 Å². The Balaban J connectivity index is 1.40. The van der Waals surface area contributed by atoms with Crippen LogP contribution in [0.1, 0.15) is 28.8 Å². The molecule has 1 spiro atoms. The molecular weight excluding hydrogens is 340 g/mol. The van der Waals surface area contributed by atoms with E-state index >= 15 is 0 Å². The predicted molar refractivity (Wildman–Crippen MR) is 105 cm³/mol. The first-order chi connectivity index (χ1) is 13.1. The second-order valence-electron chi connectivity index (χ2n) is 7.19.